The van der Waals surface area contributed by atoms with E-state index in [-0.39, 0.29) is 23.3 Å². The Bertz CT molecular complexity index is 1060. The van der Waals surface area contributed by atoms with Gasteiger partial charge in [-0.25, -0.2) is 15.0 Å². The first-order chi connectivity index (χ1) is 13.7. The summed E-state index contributed by atoms with van der Waals surface area (Å²) in [6.45, 7) is 8.14. The van der Waals surface area contributed by atoms with Crippen molar-refractivity contribution in [2.75, 3.05) is 0 Å². The van der Waals surface area contributed by atoms with Crippen LogP contribution in [0.15, 0.2) is 9.59 Å². The summed E-state index contributed by atoms with van der Waals surface area (Å²) in [4.78, 5) is 38.0. The molecule has 12 heteroatoms. The smallest absolute Gasteiger partial charge is 0.350 e. The molecule has 0 unspecified atom stereocenters. The van der Waals surface area contributed by atoms with Crippen LogP contribution < -0.4 is 22.4 Å². The number of amides is 2. The third-order valence-corrected chi connectivity index (χ3v) is 5.67. The van der Waals surface area contributed by atoms with E-state index < -0.39 is 42.0 Å². The van der Waals surface area contributed by atoms with Gasteiger partial charge in [0.1, 0.15) is 4.83 Å². The van der Waals surface area contributed by atoms with E-state index >= 15 is 0 Å². The zero-order valence-corrected chi connectivity index (χ0v) is 18.3. The third-order valence-electron chi connectivity index (χ3n) is 4.37. The summed E-state index contributed by atoms with van der Waals surface area (Å²) in [7, 11) is 0. The van der Waals surface area contributed by atoms with Crippen LogP contribution in [0.25, 0.3) is 10.2 Å². The van der Waals surface area contributed by atoms with Gasteiger partial charge in [-0.3, -0.25) is 18.9 Å². The van der Waals surface area contributed by atoms with Gasteiger partial charge in [0.15, 0.2) is 0 Å². The molecule has 0 aliphatic heterocycles. The van der Waals surface area contributed by atoms with Gasteiger partial charge in [-0.1, -0.05) is 0 Å². The van der Waals surface area contributed by atoms with Crippen LogP contribution in [0.3, 0.4) is 0 Å². The molecule has 2 heterocycles. The molecule has 0 atom stereocenters. The number of aromatic nitrogens is 2. The fourth-order valence-corrected chi connectivity index (χ4v) is 4.33. The largest absolute Gasteiger partial charge is 0.390 e. The van der Waals surface area contributed by atoms with Gasteiger partial charge in [0, 0.05) is 23.5 Å². The lowest BCUT2D eigenvalue weighted by molar-refractivity contribution is -0.136. The molecule has 0 bridgehead atoms. The van der Waals surface area contributed by atoms with Crippen molar-refractivity contribution in [3.63, 3.8) is 0 Å². The lowest BCUT2D eigenvalue weighted by Crippen LogP contribution is -2.53. The number of alkyl halides is 3. The van der Waals surface area contributed by atoms with Gasteiger partial charge in [-0.05, 0) is 40.2 Å². The maximum atomic E-state index is 12.8. The summed E-state index contributed by atoms with van der Waals surface area (Å²) >= 11 is 1.01. The maximum Gasteiger partial charge on any atom is 0.390 e. The highest BCUT2D eigenvalue weighted by atomic mass is 32.1. The minimum absolute atomic E-state index is 0.00317. The van der Waals surface area contributed by atoms with Crippen molar-refractivity contribution in [2.24, 2.45) is 5.73 Å². The summed E-state index contributed by atoms with van der Waals surface area (Å²) in [5, 5.41) is 1.35. The highest BCUT2D eigenvalue weighted by molar-refractivity contribution is 7.18. The lowest BCUT2D eigenvalue weighted by Gasteiger charge is -2.30. The van der Waals surface area contributed by atoms with Crippen molar-refractivity contribution in [1.29, 1.82) is 0 Å². The van der Waals surface area contributed by atoms with Crippen molar-refractivity contribution >= 4 is 27.6 Å². The second-order valence-electron chi connectivity index (χ2n) is 7.97. The van der Waals surface area contributed by atoms with E-state index in [0.29, 0.717) is 10.4 Å². The van der Waals surface area contributed by atoms with Crippen molar-refractivity contribution in [3.8, 4) is 0 Å². The summed E-state index contributed by atoms with van der Waals surface area (Å²) in [5.41, 5.74) is 7.07. The van der Waals surface area contributed by atoms with Crippen LogP contribution >= 0.6 is 11.3 Å². The number of thiophene rings is 1. The first kappa shape index (κ1) is 23.9. The molecular formula is C18H26F3N5O3S. The molecular weight excluding hydrogens is 423 g/mol. The van der Waals surface area contributed by atoms with E-state index in [1.807, 2.05) is 20.8 Å². The van der Waals surface area contributed by atoms with E-state index in [1.165, 1.54) is 5.01 Å². The average molecular weight is 449 g/mol. The maximum absolute atomic E-state index is 12.8. The second kappa shape index (κ2) is 8.42. The molecule has 2 rings (SSSR count). The molecule has 0 saturated carbocycles. The third kappa shape index (κ3) is 5.22. The molecule has 3 N–H and O–H groups in total. The Kier molecular flexibility index (Phi) is 6.72. The van der Waals surface area contributed by atoms with E-state index in [9.17, 15) is 27.6 Å². The van der Waals surface area contributed by atoms with Crippen LogP contribution in [0.1, 0.15) is 44.6 Å². The van der Waals surface area contributed by atoms with Gasteiger partial charge < -0.3 is 5.73 Å². The van der Waals surface area contributed by atoms with E-state index in [4.69, 9.17) is 5.73 Å². The number of carbonyl (C=O) groups excluding carboxylic acids is 1. The lowest BCUT2D eigenvalue weighted by atomic mass is 10.1. The van der Waals surface area contributed by atoms with Crippen molar-refractivity contribution in [3.05, 3.63) is 31.3 Å². The van der Waals surface area contributed by atoms with Crippen LogP contribution in [0.4, 0.5) is 18.0 Å². The van der Waals surface area contributed by atoms with Gasteiger partial charge in [0.05, 0.1) is 18.4 Å². The number of primary amides is 1. The monoisotopic (exact) mass is 449 g/mol. The minimum atomic E-state index is -4.45. The number of nitrogens with one attached hydrogen (secondary N) is 1. The number of nitrogens with two attached hydrogens (primary N) is 1. The number of hydrazine groups is 1. The van der Waals surface area contributed by atoms with Crippen LogP contribution in [-0.4, -0.2) is 31.9 Å². The number of nitrogens with zero attached hydrogens (tertiary/aromatic N) is 3. The summed E-state index contributed by atoms with van der Waals surface area (Å²) in [6.07, 6.45) is -5.65. The number of aryl methyl sites for hydroxylation is 2. The standard InChI is InChI=1S/C18H26F3N5O3S/c1-6-24-13(27)12-10(2)11(9-26(15(22)28)23-17(3,4)5)30-14(12)25(16(24)29)8-7-18(19,20)21/h23H,6-9H2,1-5H3,(H2,22,28). The number of rotatable bonds is 6. The predicted molar refractivity (Wildman–Crippen MR) is 109 cm³/mol. The molecule has 2 aromatic rings. The number of carbonyl (C=O) groups is 1. The number of urea groups is 1. The van der Waals surface area contributed by atoms with Crippen LogP contribution in [0.5, 0.6) is 0 Å². The minimum Gasteiger partial charge on any atom is -0.350 e. The van der Waals surface area contributed by atoms with Crippen LogP contribution in [-0.2, 0) is 19.6 Å². The zero-order valence-electron chi connectivity index (χ0n) is 17.5. The summed E-state index contributed by atoms with van der Waals surface area (Å²) < 4.78 is 40.3. The molecule has 0 aliphatic carbocycles. The Hall–Kier alpha value is -2.34. The predicted octanol–water partition coefficient (Wildman–Crippen LogP) is 2.69. The van der Waals surface area contributed by atoms with E-state index in [0.717, 1.165) is 20.5 Å². The Morgan fingerprint density at radius 1 is 1.20 bits per heavy atom. The molecule has 0 aromatic carbocycles. The molecule has 0 radical (unpaired) electrons. The molecule has 0 spiro atoms. The van der Waals surface area contributed by atoms with E-state index in [1.54, 1.807) is 13.8 Å². The van der Waals surface area contributed by atoms with Crippen molar-refractivity contribution in [1.82, 2.24) is 19.6 Å². The van der Waals surface area contributed by atoms with Crippen LogP contribution in [0.2, 0.25) is 0 Å². The fourth-order valence-electron chi connectivity index (χ4n) is 3.03. The summed E-state index contributed by atoms with van der Waals surface area (Å²) in [5.74, 6) is 0. The molecule has 0 fully saturated rings. The number of fused-ring (bicyclic) bond motifs is 1. The zero-order chi connectivity index (χ0) is 23.0. The Morgan fingerprint density at radius 3 is 2.27 bits per heavy atom. The van der Waals surface area contributed by atoms with Gasteiger partial charge in [0.25, 0.3) is 5.56 Å². The number of hydrogen-bond donors (Lipinski definition) is 2. The Balaban J connectivity index is 2.66. The molecule has 8 nitrogen and oxygen atoms in total. The SMILES string of the molecule is CCn1c(=O)c2c(C)c(CN(NC(C)(C)C)C(N)=O)sc2n(CCC(F)(F)F)c1=O. The molecule has 168 valence electrons. The van der Waals surface area contributed by atoms with Crippen molar-refractivity contribution < 1.29 is 18.0 Å². The molecule has 0 saturated heterocycles. The van der Waals surface area contributed by atoms with Gasteiger partial charge in [0.2, 0.25) is 0 Å². The number of halogens is 3. The average Bonchev–Trinajstić information content (AvgIpc) is 2.89. The fraction of sp³-hybridized carbons (Fsp3) is 0.611. The highest BCUT2D eigenvalue weighted by Gasteiger charge is 2.29. The quantitative estimate of drug-likeness (QED) is 0.662. The van der Waals surface area contributed by atoms with Gasteiger partial charge in [-0.2, -0.15) is 13.2 Å². The first-order valence-electron chi connectivity index (χ1n) is 9.33. The van der Waals surface area contributed by atoms with E-state index in [2.05, 4.69) is 5.43 Å². The highest BCUT2D eigenvalue weighted by Crippen LogP contribution is 2.30. The molecule has 2 amide bonds. The normalized spacial score (nSPS) is 12.5. The van der Waals surface area contributed by atoms with Gasteiger partial charge in [-0.15, -0.1) is 11.3 Å². The van der Waals surface area contributed by atoms with Crippen molar-refractivity contribution in [2.45, 2.75) is 72.4 Å². The Labute approximate surface area is 175 Å². The number of hydrogen-bond acceptors (Lipinski definition) is 5. The second-order valence-corrected chi connectivity index (χ2v) is 9.05. The first-order valence-corrected chi connectivity index (χ1v) is 10.1. The van der Waals surface area contributed by atoms with Gasteiger partial charge >= 0.3 is 17.9 Å². The molecule has 0 aliphatic rings. The molecule has 2 aromatic heterocycles. The summed E-state index contributed by atoms with van der Waals surface area (Å²) in [6, 6.07) is -0.748. The Morgan fingerprint density at radius 2 is 1.80 bits per heavy atom. The topological polar surface area (TPSA) is 102 Å². The molecule has 30 heavy (non-hydrogen) atoms. The van der Waals surface area contributed by atoms with Crippen LogP contribution in [0, 0.1) is 6.92 Å².